The number of hydrogen-bond acceptors (Lipinski definition) is 8. The van der Waals surface area contributed by atoms with Gasteiger partial charge in [-0.25, -0.2) is 9.50 Å². The van der Waals surface area contributed by atoms with Crippen LogP contribution in [0.15, 0.2) is 30.9 Å². The first kappa shape index (κ1) is 20.9. The highest BCUT2D eigenvalue weighted by molar-refractivity contribution is 6.30. The predicted molar refractivity (Wildman–Crippen MR) is 122 cm³/mol. The first-order valence-corrected chi connectivity index (χ1v) is 11.1. The van der Waals surface area contributed by atoms with E-state index in [1.165, 1.54) is 10.7 Å². The van der Waals surface area contributed by atoms with E-state index >= 15 is 0 Å². The standard InChI is InChI=1S/C21H25ClN8O2/c22-14-10-25-20-18(19(23)27-30(20)12-14)21(31)26-16-11-24-5-2-17(16)28-7-3-15(4-8-28)29-6-1-9-32-13-29/h2,5,10-12,15H,1,3-4,6-9,13H2,(H2,23,27)(H,26,31). The Morgan fingerprint density at radius 3 is 2.88 bits per heavy atom. The Labute approximate surface area is 190 Å². The van der Waals surface area contributed by atoms with Gasteiger partial charge in [-0.3, -0.25) is 14.7 Å². The van der Waals surface area contributed by atoms with Crippen LogP contribution in [-0.4, -0.2) is 69.4 Å². The summed E-state index contributed by atoms with van der Waals surface area (Å²) in [6.07, 6.45) is 9.60. The largest absolute Gasteiger partial charge is 0.381 e. The number of rotatable bonds is 4. The van der Waals surface area contributed by atoms with Crippen molar-refractivity contribution in [2.45, 2.75) is 25.3 Å². The highest BCUT2D eigenvalue weighted by atomic mass is 35.5. The third-order valence-electron chi connectivity index (χ3n) is 6.05. The number of amides is 1. The number of nitrogens with one attached hydrogen (secondary N) is 1. The van der Waals surface area contributed by atoms with Crippen LogP contribution in [0.2, 0.25) is 5.02 Å². The van der Waals surface area contributed by atoms with Gasteiger partial charge in [-0.1, -0.05) is 11.6 Å². The summed E-state index contributed by atoms with van der Waals surface area (Å²) >= 11 is 5.97. The molecule has 0 radical (unpaired) electrons. The Morgan fingerprint density at radius 1 is 1.25 bits per heavy atom. The zero-order valence-corrected chi connectivity index (χ0v) is 18.3. The predicted octanol–water partition coefficient (Wildman–Crippen LogP) is 2.26. The summed E-state index contributed by atoms with van der Waals surface area (Å²) in [5.41, 5.74) is 8.13. The van der Waals surface area contributed by atoms with Crippen LogP contribution in [0, 0.1) is 0 Å². The van der Waals surface area contributed by atoms with E-state index in [4.69, 9.17) is 22.1 Å². The van der Waals surface area contributed by atoms with Gasteiger partial charge in [0.25, 0.3) is 5.91 Å². The monoisotopic (exact) mass is 456 g/mol. The van der Waals surface area contributed by atoms with Crippen molar-refractivity contribution in [3.8, 4) is 0 Å². The molecule has 5 heterocycles. The molecule has 3 N–H and O–H groups in total. The Balaban J connectivity index is 1.32. The van der Waals surface area contributed by atoms with Crippen molar-refractivity contribution in [2.75, 3.05) is 48.9 Å². The molecular formula is C21H25ClN8O2. The van der Waals surface area contributed by atoms with Crippen LogP contribution in [0.3, 0.4) is 0 Å². The summed E-state index contributed by atoms with van der Waals surface area (Å²) in [7, 11) is 0. The summed E-state index contributed by atoms with van der Waals surface area (Å²) in [6.45, 7) is 4.47. The average Bonchev–Trinajstić information content (AvgIpc) is 3.15. The number of hydrogen-bond donors (Lipinski definition) is 2. The van der Waals surface area contributed by atoms with Gasteiger partial charge in [0.1, 0.15) is 5.56 Å². The van der Waals surface area contributed by atoms with Crippen molar-refractivity contribution in [3.63, 3.8) is 0 Å². The average molecular weight is 457 g/mol. The molecule has 5 rings (SSSR count). The maximum atomic E-state index is 13.1. The van der Waals surface area contributed by atoms with Gasteiger partial charge in [-0.15, -0.1) is 5.10 Å². The number of carbonyl (C=O) groups is 1. The van der Waals surface area contributed by atoms with Gasteiger partial charge in [-0.2, -0.15) is 0 Å². The lowest BCUT2D eigenvalue weighted by molar-refractivity contribution is -0.0402. The number of nitrogens with two attached hydrogens (primary N) is 1. The first-order valence-electron chi connectivity index (χ1n) is 10.7. The molecule has 2 fully saturated rings. The summed E-state index contributed by atoms with van der Waals surface area (Å²) in [6, 6.07) is 2.46. The van der Waals surface area contributed by atoms with Crippen LogP contribution in [0.25, 0.3) is 5.65 Å². The Kier molecular flexibility index (Phi) is 5.81. The SMILES string of the molecule is Nc1nn2cc(Cl)cnc2c1C(=O)Nc1cnccc1N1CCC(N2CCCOC2)CC1. The molecule has 0 atom stereocenters. The number of piperidine rings is 1. The fraction of sp³-hybridized carbons (Fsp3) is 0.429. The molecule has 1 amide bonds. The maximum absolute atomic E-state index is 13.1. The number of ether oxygens (including phenoxy) is 1. The van der Waals surface area contributed by atoms with E-state index in [0.29, 0.717) is 22.4 Å². The van der Waals surface area contributed by atoms with Crippen LogP contribution in [0.4, 0.5) is 17.2 Å². The molecule has 0 aliphatic carbocycles. The molecule has 0 bridgehead atoms. The lowest BCUT2D eigenvalue weighted by Crippen LogP contribution is -2.48. The molecule has 3 aromatic rings. The van der Waals surface area contributed by atoms with Gasteiger partial charge in [0.15, 0.2) is 11.5 Å². The second kappa shape index (κ2) is 8.89. The fourth-order valence-electron chi connectivity index (χ4n) is 4.47. The second-order valence-corrected chi connectivity index (χ2v) is 8.51. The minimum atomic E-state index is -0.387. The molecule has 2 aliphatic heterocycles. The lowest BCUT2D eigenvalue weighted by Gasteiger charge is -2.41. The zero-order chi connectivity index (χ0) is 22.1. The van der Waals surface area contributed by atoms with E-state index in [1.54, 1.807) is 18.6 Å². The van der Waals surface area contributed by atoms with Crippen molar-refractivity contribution in [2.24, 2.45) is 0 Å². The Hall–Kier alpha value is -2.95. The number of nitrogen functional groups attached to an aromatic ring is 1. The van der Waals surface area contributed by atoms with Crippen molar-refractivity contribution in [1.82, 2.24) is 24.5 Å². The molecule has 11 heteroatoms. The molecule has 0 saturated carbocycles. The van der Waals surface area contributed by atoms with Gasteiger partial charge in [0, 0.05) is 44.7 Å². The number of pyridine rings is 1. The second-order valence-electron chi connectivity index (χ2n) is 8.07. The van der Waals surface area contributed by atoms with E-state index in [0.717, 1.165) is 57.9 Å². The lowest BCUT2D eigenvalue weighted by atomic mass is 10.0. The van der Waals surface area contributed by atoms with E-state index in [1.807, 2.05) is 6.07 Å². The topological polar surface area (TPSA) is 114 Å². The maximum Gasteiger partial charge on any atom is 0.263 e. The molecule has 0 spiro atoms. The van der Waals surface area contributed by atoms with Crippen molar-refractivity contribution in [1.29, 1.82) is 0 Å². The third kappa shape index (κ3) is 4.08. The number of fused-ring (bicyclic) bond motifs is 1. The zero-order valence-electron chi connectivity index (χ0n) is 17.6. The summed E-state index contributed by atoms with van der Waals surface area (Å²) in [5.74, 6) is -0.297. The highest BCUT2D eigenvalue weighted by Crippen LogP contribution is 2.30. The van der Waals surface area contributed by atoms with Crippen LogP contribution in [-0.2, 0) is 4.74 Å². The van der Waals surface area contributed by atoms with Gasteiger partial charge >= 0.3 is 0 Å². The highest BCUT2D eigenvalue weighted by Gasteiger charge is 2.27. The number of anilines is 3. The Bertz CT molecular complexity index is 1120. The van der Waals surface area contributed by atoms with E-state index in [-0.39, 0.29) is 17.3 Å². The minimum absolute atomic E-state index is 0.0901. The molecule has 0 unspecified atom stereocenters. The van der Waals surface area contributed by atoms with Gasteiger partial charge in [0.05, 0.1) is 35.5 Å². The molecular weight excluding hydrogens is 432 g/mol. The van der Waals surface area contributed by atoms with Crippen LogP contribution < -0.4 is 16.0 Å². The summed E-state index contributed by atoms with van der Waals surface area (Å²) in [5, 5.41) is 7.50. The van der Waals surface area contributed by atoms with Crippen LogP contribution >= 0.6 is 11.6 Å². The molecule has 2 saturated heterocycles. The van der Waals surface area contributed by atoms with Crippen LogP contribution in [0.1, 0.15) is 29.6 Å². The molecule has 3 aromatic heterocycles. The molecule has 10 nitrogen and oxygen atoms in total. The van der Waals surface area contributed by atoms with E-state index < -0.39 is 0 Å². The summed E-state index contributed by atoms with van der Waals surface area (Å²) in [4.78, 5) is 26.2. The number of nitrogens with zero attached hydrogens (tertiary/aromatic N) is 6. The fourth-order valence-corrected chi connectivity index (χ4v) is 4.61. The van der Waals surface area contributed by atoms with Gasteiger partial charge in [-0.05, 0) is 25.3 Å². The normalized spacial score (nSPS) is 18.2. The molecule has 168 valence electrons. The first-order chi connectivity index (χ1) is 15.6. The molecule has 2 aliphatic rings. The third-order valence-corrected chi connectivity index (χ3v) is 6.25. The van der Waals surface area contributed by atoms with Crippen molar-refractivity contribution >= 4 is 40.3 Å². The summed E-state index contributed by atoms with van der Waals surface area (Å²) < 4.78 is 7.03. The van der Waals surface area contributed by atoms with Gasteiger partial charge in [0.2, 0.25) is 0 Å². The van der Waals surface area contributed by atoms with E-state index in [9.17, 15) is 4.79 Å². The number of carbonyl (C=O) groups excluding carboxylic acids is 1. The van der Waals surface area contributed by atoms with Gasteiger partial charge < -0.3 is 20.7 Å². The van der Waals surface area contributed by atoms with Crippen molar-refractivity contribution < 1.29 is 9.53 Å². The number of aromatic nitrogens is 4. The Morgan fingerprint density at radius 2 is 2.09 bits per heavy atom. The molecule has 0 aromatic carbocycles. The minimum Gasteiger partial charge on any atom is -0.381 e. The van der Waals surface area contributed by atoms with Crippen molar-refractivity contribution in [3.05, 3.63) is 41.4 Å². The number of halogens is 1. The smallest absolute Gasteiger partial charge is 0.263 e. The van der Waals surface area contributed by atoms with Crippen LogP contribution in [0.5, 0.6) is 0 Å². The quantitative estimate of drug-likeness (QED) is 0.614. The molecule has 32 heavy (non-hydrogen) atoms. The van der Waals surface area contributed by atoms with E-state index in [2.05, 4.69) is 30.2 Å².